The van der Waals surface area contributed by atoms with E-state index in [1.165, 1.54) is 12.1 Å². The largest absolute Gasteiger partial charge is 0.496 e. The SMILES string of the molecule is COc1ccc(-n2cnnn2)cc1CN[C@H]1CC[C@H](C(=O)N2CCOCC2)[C@H]1c1ccc(F)cc1. The second-order valence-electron chi connectivity index (χ2n) is 8.94. The quantitative estimate of drug-likeness (QED) is 0.555. The summed E-state index contributed by atoms with van der Waals surface area (Å²) < 4.78 is 26.3. The highest BCUT2D eigenvalue weighted by Gasteiger charge is 2.42. The van der Waals surface area contributed by atoms with E-state index < -0.39 is 0 Å². The van der Waals surface area contributed by atoms with Crippen molar-refractivity contribution < 1.29 is 18.7 Å². The first-order chi connectivity index (χ1) is 17.1. The maximum absolute atomic E-state index is 13.7. The Labute approximate surface area is 203 Å². The van der Waals surface area contributed by atoms with Crippen LogP contribution < -0.4 is 10.1 Å². The van der Waals surface area contributed by atoms with Crippen LogP contribution in [0.25, 0.3) is 5.69 Å². The normalized spacial score (nSPS) is 22.3. The number of nitrogens with zero attached hydrogens (tertiary/aromatic N) is 5. The Bertz CT molecular complexity index is 1130. The number of rotatable bonds is 7. The molecule has 0 radical (unpaired) electrons. The van der Waals surface area contributed by atoms with Gasteiger partial charge in [0.05, 0.1) is 26.0 Å². The number of halogens is 1. The van der Waals surface area contributed by atoms with E-state index in [0.29, 0.717) is 32.8 Å². The number of ether oxygens (including phenoxy) is 2. The van der Waals surface area contributed by atoms with Crippen LogP contribution in [-0.2, 0) is 16.1 Å². The highest BCUT2D eigenvalue weighted by atomic mass is 19.1. The predicted molar refractivity (Wildman–Crippen MR) is 126 cm³/mol. The van der Waals surface area contributed by atoms with Crippen molar-refractivity contribution in [2.24, 2.45) is 5.92 Å². The molecule has 2 aliphatic rings. The number of methoxy groups -OCH3 is 1. The number of aromatic nitrogens is 4. The van der Waals surface area contributed by atoms with Gasteiger partial charge in [0, 0.05) is 43.1 Å². The first kappa shape index (κ1) is 23.4. The lowest BCUT2D eigenvalue weighted by Crippen LogP contribution is -2.45. The van der Waals surface area contributed by atoms with Crippen LogP contribution >= 0.6 is 0 Å². The van der Waals surface area contributed by atoms with Crippen molar-refractivity contribution in [1.29, 1.82) is 0 Å². The molecule has 1 N–H and O–H groups in total. The van der Waals surface area contributed by atoms with Gasteiger partial charge in [-0.25, -0.2) is 9.07 Å². The number of amides is 1. The van der Waals surface area contributed by atoms with E-state index in [1.807, 2.05) is 23.1 Å². The minimum absolute atomic E-state index is 0.0526. The Morgan fingerprint density at radius 1 is 1.17 bits per heavy atom. The monoisotopic (exact) mass is 480 g/mol. The second kappa shape index (κ2) is 10.5. The summed E-state index contributed by atoms with van der Waals surface area (Å²) in [6.45, 7) is 2.91. The molecule has 2 aromatic carbocycles. The zero-order chi connectivity index (χ0) is 24.2. The summed E-state index contributed by atoms with van der Waals surface area (Å²) in [5, 5.41) is 15.0. The van der Waals surface area contributed by atoms with Crippen LogP contribution in [-0.4, -0.2) is 70.5 Å². The average molecular weight is 481 g/mol. The van der Waals surface area contributed by atoms with Gasteiger partial charge in [0.1, 0.15) is 17.9 Å². The van der Waals surface area contributed by atoms with Gasteiger partial charge < -0.3 is 19.7 Å². The summed E-state index contributed by atoms with van der Waals surface area (Å²) >= 11 is 0. The van der Waals surface area contributed by atoms with Gasteiger partial charge in [-0.1, -0.05) is 12.1 Å². The van der Waals surface area contributed by atoms with Crippen molar-refractivity contribution in [1.82, 2.24) is 30.4 Å². The number of morpholine rings is 1. The van der Waals surface area contributed by atoms with Gasteiger partial charge in [-0.05, 0) is 59.2 Å². The zero-order valence-corrected chi connectivity index (χ0v) is 19.6. The van der Waals surface area contributed by atoms with Crippen LogP contribution in [0.5, 0.6) is 5.75 Å². The Kier molecular flexibility index (Phi) is 7.01. The smallest absolute Gasteiger partial charge is 0.226 e. The van der Waals surface area contributed by atoms with E-state index in [-0.39, 0.29) is 29.6 Å². The lowest BCUT2D eigenvalue weighted by Gasteiger charge is -2.32. The molecule has 0 unspecified atom stereocenters. The van der Waals surface area contributed by atoms with Crippen molar-refractivity contribution in [3.05, 3.63) is 65.7 Å². The van der Waals surface area contributed by atoms with E-state index >= 15 is 0 Å². The molecule has 1 amide bonds. The van der Waals surface area contributed by atoms with Crippen LogP contribution in [0.2, 0.25) is 0 Å². The molecule has 184 valence electrons. The molecule has 0 spiro atoms. The van der Waals surface area contributed by atoms with Crippen LogP contribution in [0, 0.1) is 11.7 Å². The highest BCUT2D eigenvalue weighted by molar-refractivity contribution is 5.80. The van der Waals surface area contributed by atoms with Gasteiger partial charge in [0.2, 0.25) is 5.91 Å². The third-order valence-corrected chi connectivity index (χ3v) is 6.98. The molecule has 2 fully saturated rings. The number of tetrazole rings is 1. The van der Waals surface area contributed by atoms with Crippen molar-refractivity contribution in [3.8, 4) is 11.4 Å². The predicted octanol–water partition coefficient (Wildman–Crippen LogP) is 2.32. The van der Waals surface area contributed by atoms with E-state index in [0.717, 1.165) is 35.4 Å². The highest BCUT2D eigenvalue weighted by Crippen LogP contribution is 2.41. The molecule has 3 atom stereocenters. The van der Waals surface area contributed by atoms with Crippen LogP contribution in [0.1, 0.15) is 29.9 Å². The molecule has 1 aliphatic carbocycles. The summed E-state index contributed by atoms with van der Waals surface area (Å²) in [7, 11) is 1.64. The molecular formula is C25H29FN6O3. The second-order valence-corrected chi connectivity index (χ2v) is 8.94. The molecule has 5 rings (SSSR count). The summed E-state index contributed by atoms with van der Waals surface area (Å²) in [6.07, 6.45) is 3.16. The molecule has 0 bridgehead atoms. The lowest BCUT2D eigenvalue weighted by atomic mass is 9.85. The number of nitrogens with one attached hydrogen (secondary N) is 1. The Morgan fingerprint density at radius 3 is 2.69 bits per heavy atom. The van der Waals surface area contributed by atoms with Gasteiger partial charge >= 0.3 is 0 Å². The minimum atomic E-state index is -0.281. The molecule has 2 heterocycles. The topological polar surface area (TPSA) is 94.4 Å². The summed E-state index contributed by atoms with van der Waals surface area (Å²) in [4.78, 5) is 15.4. The van der Waals surface area contributed by atoms with Crippen molar-refractivity contribution in [3.63, 3.8) is 0 Å². The summed E-state index contributed by atoms with van der Waals surface area (Å²) in [6, 6.07) is 12.4. The molecule has 1 saturated heterocycles. The number of carbonyl (C=O) groups excluding carboxylic acids is 1. The maximum Gasteiger partial charge on any atom is 0.226 e. The fourth-order valence-electron chi connectivity index (χ4n) is 5.24. The minimum Gasteiger partial charge on any atom is -0.496 e. The molecule has 35 heavy (non-hydrogen) atoms. The third-order valence-electron chi connectivity index (χ3n) is 6.98. The Balaban J connectivity index is 1.38. The van der Waals surface area contributed by atoms with Crippen molar-refractivity contribution in [2.45, 2.75) is 31.3 Å². The number of hydrogen-bond acceptors (Lipinski definition) is 7. The van der Waals surface area contributed by atoms with E-state index in [9.17, 15) is 9.18 Å². The lowest BCUT2D eigenvalue weighted by molar-refractivity contribution is -0.140. The fraction of sp³-hybridized carbons (Fsp3) is 0.440. The van der Waals surface area contributed by atoms with Gasteiger partial charge in [0.15, 0.2) is 0 Å². The first-order valence-electron chi connectivity index (χ1n) is 11.9. The zero-order valence-electron chi connectivity index (χ0n) is 19.6. The molecule has 1 aliphatic heterocycles. The van der Waals surface area contributed by atoms with Crippen LogP contribution in [0.4, 0.5) is 4.39 Å². The molecule has 1 saturated carbocycles. The van der Waals surface area contributed by atoms with Crippen LogP contribution in [0.3, 0.4) is 0 Å². The van der Waals surface area contributed by atoms with Crippen molar-refractivity contribution >= 4 is 5.91 Å². The Hall–Kier alpha value is -3.37. The molecule has 9 nitrogen and oxygen atoms in total. The van der Waals surface area contributed by atoms with Gasteiger partial charge in [0.25, 0.3) is 0 Å². The number of hydrogen-bond donors (Lipinski definition) is 1. The third kappa shape index (κ3) is 5.03. The average Bonchev–Trinajstić information content (AvgIpc) is 3.59. The van der Waals surface area contributed by atoms with Crippen molar-refractivity contribution in [2.75, 3.05) is 33.4 Å². The standard InChI is InChI=1S/C25H29FN6O3/c1-34-23-9-6-20(32-16-28-29-30-32)14-18(23)15-27-22-8-7-21(25(33)31-10-12-35-13-11-31)24(22)17-2-4-19(26)5-3-17/h2-6,9,14,16,21-22,24,27H,7-8,10-13,15H2,1H3/t21-,22-,24+/m0/s1. The first-order valence-corrected chi connectivity index (χ1v) is 11.9. The molecule has 1 aromatic heterocycles. The summed E-state index contributed by atoms with van der Waals surface area (Å²) in [5.74, 6) is 0.415. The Morgan fingerprint density at radius 2 is 1.97 bits per heavy atom. The van der Waals surface area contributed by atoms with Gasteiger partial charge in [-0.2, -0.15) is 0 Å². The number of carbonyl (C=O) groups is 1. The van der Waals surface area contributed by atoms with Gasteiger partial charge in [-0.15, -0.1) is 5.10 Å². The number of benzene rings is 2. The van der Waals surface area contributed by atoms with E-state index in [4.69, 9.17) is 9.47 Å². The van der Waals surface area contributed by atoms with E-state index in [2.05, 4.69) is 20.8 Å². The fourth-order valence-corrected chi connectivity index (χ4v) is 5.24. The van der Waals surface area contributed by atoms with E-state index in [1.54, 1.807) is 30.3 Å². The molecular weight excluding hydrogens is 451 g/mol. The van der Waals surface area contributed by atoms with Crippen LogP contribution in [0.15, 0.2) is 48.8 Å². The summed E-state index contributed by atoms with van der Waals surface area (Å²) in [5.41, 5.74) is 2.76. The van der Waals surface area contributed by atoms with Gasteiger partial charge in [-0.3, -0.25) is 4.79 Å². The maximum atomic E-state index is 13.7. The molecule has 3 aromatic rings. The molecule has 10 heteroatoms.